The first-order chi connectivity index (χ1) is 15.6. The number of hydrogen-bond donors (Lipinski definition) is 1. The number of ether oxygens (including phenoxy) is 1. The van der Waals surface area contributed by atoms with Crippen molar-refractivity contribution < 1.29 is 14.3 Å². The molecule has 7 heteroatoms. The maximum absolute atomic E-state index is 13.5. The normalized spacial score (nSPS) is 11.1. The lowest BCUT2D eigenvalue weighted by molar-refractivity contribution is 0.0529. The zero-order chi connectivity index (χ0) is 22.7. The molecule has 1 aromatic carbocycles. The maximum Gasteiger partial charge on any atom is 0.341 e. The van der Waals surface area contributed by atoms with Gasteiger partial charge in [0.25, 0.3) is 5.91 Å². The summed E-state index contributed by atoms with van der Waals surface area (Å²) in [6, 6.07) is 12.0. The molecule has 0 aliphatic heterocycles. The van der Waals surface area contributed by atoms with Gasteiger partial charge in [0.15, 0.2) is 0 Å². The Morgan fingerprint density at radius 3 is 2.62 bits per heavy atom. The quantitative estimate of drug-likeness (QED) is 0.285. The number of esters is 1. The number of anilines is 1. The van der Waals surface area contributed by atoms with Gasteiger partial charge >= 0.3 is 5.97 Å². The highest BCUT2D eigenvalue weighted by Crippen LogP contribution is 2.39. The molecule has 166 valence electrons. The molecule has 0 aliphatic rings. The van der Waals surface area contributed by atoms with Crippen LogP contribution >= 0.6 is 22.7 Å². The highest BCUT2D eigenvalue weighted by molar-refractivity contribution is 7.17. The molecule has 0 fully saturated rings. The van der Waals surface area contributed by atoms with Gasteiger partial charge in [-0.15, -0.1) is 22.7 Å². The van der Waals surface area contributed by atoms with Crippen LogP contribution in [0.25, 0.3) is 21.3 Å². The Balaban J connectivity index is 1.76. The van der Waals surface area contributed by atoms with E-state index in [1.54, 1.807) is 18.3 Å². The third kappa shape index (κ3) is 4.10. The minimum absolute atomic E-state index is 0.208. The molecular formula is C25H26N2O3S2. The minimum Gasteiger partial charge on any atom is -0.462 e. The molecule has 4 aromatic rings. The highest BCUT2D eigenvalue weighted by Gasteiger charge is 2.26. The minimum atomic E-state index is -0.421. The van der Waals surface area contributed by atoms with E-state index in [1.165, 1.54) is 11.3 Å². The summed E-state index contributed by atoms with van der Waals surface area (Å²) >= 11 is 2.91. The Bertz CT molecular complexity index is 1250. The topological polar surface area (TPSA) is 60.3 Å². The number of fused-ring (bicyclic) bond motifs is 1. The molecule has 4 rings (SSSR count). The number of amides is 1. The van der Waals surface area contributed by atoms with Crippen molar-refractivity contribution in [2.24, 2.45) is 0 Å². The second-order valence-corrected chi connectivity index (χ2v) is 9.33. The smallest absolute Gasteiger partial charge is 0.341 e. The molecule has 0 spiro atoms. The summed E-state index contributed by atoms with van der Waals surface area (Å²) < 4.78 is 7.42. The SMILES string of the molecule is CCCCn1c(C(=O)Nc2scc(-c3cccs3)c2C(=O)OCC)c(C)c2ccccc21. The molecular weight excluding hydrogens is 440 g/mol. The second kappa shape index (κ2) is 9.71. The van der Waals surface area contributed by atoms with Crippen LogP contribution in [0.2, 0.25) is 0 Å². The van der Waals surface area contributed by atoms with Gasteiger partial charge in [0, 0.05) is 33.3 Å². The van der Waals surface area contributed by atoms with E-state index in [0.29, 0.717) is 16.3 Å². The van der Waals surface area contributed by atoms with Gasteiger partial charge in [-0.2, -0.15) is 0 Å². The van der Waals surface area contributed by atoms with E-state index >= 15 is 0 Å². The average Bonchev–Trinajstić information content (AvgIpc) is 3.51. The van der Waals surface area contributed by atoms with Gasteiger partial charge < -0.3 is 14.6 Å². The van der Waals surface area contributed by atoms with E-state index in [4.69, 9.17) is 4.74 Å². The first kappa shape index (κ1) is 22.3. The van der Waals surface area contributed by atoms with Crippen molar-refractivity contribution in [1.82, 2.24) is 4.57 Å². The van der Waals surface area contributed by atoms with Crippen LogP contribution in [-0.2, 0) is 11.3 Å². The van der Waals surface area contributed by atoms with Crippen molar-refractivity contribution in [3.05, 3.63) is 64.0 Å². The summed E-state index contributed by atoms with van der Waals surface area (Å²) in [5.74, 6) is -0.629. The van der Waals surface area contributed by atoms with Crippen LogP contribution in [-0.4, -0.2) is 23.1 Å². The predicted molar refractivity (Wildman–Crippen MR) is 133 cm³/mol. The number of aromatic nitrogens is 1. The molecule has 0 saturated heterocycles. The van der Waals surface area contributed by atoms with Crippen molar-refractivity contribution in [1.29, 1.82) is 0 Å². The molecule has 3 heterocycles. The maximum atomic E-state index is 13.5. The van der Waals surface area contributed by atoms with Crippen LogP contribution in [0.5, 0.6) is 0 Å². The van der Waals surface area contributed by atoms with Gasteiger partial charge in [0.2, 0.25) is 0 Å². The fourth-order valence-corrected chi connectivity index (χ4v) is 5.72. The molecule has 0 saturated carbocycles. The fourth-order valence-electron chi connectivity index (χ4n) is 3.95. The van der Waals surface area contributed by atoms with E-state index in [1.807, 2.05) is 48.0 Å². The Morgan fingerprint density at radius 1 is 1.09 bits per heavy atom. The summed E-state index contributed by atoms with van der Waals surface area (Å²) in [4.78, 5) is 27.3. The van der Waals surface area contributed by atoms with Crippen LogP contribution in [0.4, 0.5) is 5.00 Å². The van der Waals surface area contributed by atoms with Crippen LogP contribution in [0, 0.1) is 6.92 Å². The standard InChI is InChI=1S/C25H26N2O3S2/c1-4-6-13-27-19-11-8-7-10-17(19)16(3)22(27)23(28)26-24-21(25(29)30-5-2)18(15-32-24)20-12-9-14-31-20/h7-12,14-15H,4-6,13H2,1-3H3,(H,26,28). The molecule has 3 aromatic heterocycles. The van der Waals surface area contributed by atoms with Gasteiger partial charge in [0.1, 0.15) is 16.3 Å². The predicted octanol–water partition coefficient (Wildman–Crippen LogP) is 6.97. The highest BCUT2D eigenvalue weighted by atomic mass is 32.1. The molecule has 0 radical (unpaired) electrons. The van der Waals surface area contributed by atoms with Crippen LogP contribution in [0.1, 0.15) is 53.1 Å². The number of para-hydroxylation sites is 1. The van der Waals surface area contributed by atoms with Crippen molar-refractivity contribution in [2.75, 3.05) is 11.9 Å². The Labute approximate surface area is 195 Å². The molecule has 5 nitrogen and oxygen atoms in total. The molecule has 0 atom stereocenters. The number of aryl methyl sites for hydroxylation is 2. The van der Waals surface area contributed by atoms with E-state index in [0.717, 1.165) is 46.3 Å². The number of rotatable bonds is 8. The first-order valence-corrected chi connectivity index (χ1v) is 12.5. The number of hydrogen-bond acceptors (Lipinski definition) is 5. The average molecular weight is 467 g/mol. The summed E-state index contributed by atoms with van der Waals surface area (Å²) in [7, 11) is 0. The number of nitrogens with zero attached hydrogens (tertiary/aromatic N) is 1. The van der Waals surface area contributed by atoms with E-state index < -0.39 is 5.97 Å². The number of carbonyl (C=O) groups excluding carboxylic acids is 2. The largest absolute Gasteiger partial charge is 0.462 e. The molecule has 32 heavy (non-hydrogen) atoms. The second-order valence-electron chi connectivity index (χ2n) is 7.50. The molecule has 1 amide bonds. The number of unbranched alkanes of at least 4 members (excludes halogenated alkanes) is 1. The fraction of sp³-hybridized carbons (Fsp3) is 0.280. The van der Waals surface area contributed by atoms with Crippen LogP contribution < -0.4 is 5.32 Å². The van der Waals surface area contributed by atoms with Crippen molar-refractivity contribution in [3.63, 3.8) is 0 Å². The lowest BCUT2D eigenvalue weighted by Crippen LogP contribution is -2.19. The lowest BCUT2D eigenvalue weighted by Gasteiger charge is -2.12. The molecule has 1 N–H and O–H groups in total. The van der Waals surface area contributed by atoms with Gasteiger partial charge in [-0.05, 0) is 43.3 Å². The van der Waals surface area contributed by atoms with Crippen LogP contribution in [0.15, 0.2) is 47.2 Å². The summed E-state index contributed by atoms with van der Waals surface area (Å²) in [6.07, 6.45) is 2.02. The van der Waals surface area contributed by atoms with Gasteiger partial charge in [0.05, 0.1) is 6.61 Å². The van der Waals surface area contributed by atoms with Crippen LogP contribution in [0.3, 0.4) is 0 Å². The Hall–Kier alpha value is -2.90. The zero-order valence-electron chi connectivity index (χ0n) is 18.4. The zero-order valence-corrected chi connectivity index (χ0v) is 20.1. The molecule has 0 bridgehead atoms. The van der Waals surface area contributed by atoms with E-state index in [-0.39, 0.29) is 12.5 Å². The number of nitrogens with one attached hydrogen (secondary N) is 1. The van der Waals surface area contributed by atoms with Crippen molar-refractivity contribution in [3.8, 4) is 10.4 Å². The van der Waals surface area contributed by atoms with Gasteiger partial charge in [-0.1, -0.05) is 37.6 Å². The monoisotopic (exact) mass is 466 g/mol. The van der Waals surface area contributed by atoms with Crippen molar-refractivity contribution in [2.45, 2.75) is 40.2 Å². The number of carbonyl (C=O) groups is 2. The van der Waals surface area contributed by atoms with Gasteiger partial charge in [-0.25, -0.2) is 4.79 Å². The number of benzene rings is 1. The van der Waals surface area contributed by atoms with Gasteiger partial charge in [-0.3, -0.25) is 4.79 Å². The lowest BCUT2D eigenvalue weighted by atomic mass is 10.1. The first-order valence-electron chi connectivity index (χ1n) is 10.8. The summed E-state index contributed by atoms with van der Waals surface area (Å²) in [5.41, 5.74) is 3.85. The van der Waals surface area contributed by atoms with E-state index in [9.17, 15) is 9.59 Å². The summed E-state index contributed by atoms with van der Waals surface area (Å²) in [5, 5.41) is 8.50. The Morgan fingerprint density at radius 2 is 1.91 bits per heavy atom. The Kier molecular flexibility index (Phi) is 6.77. The molecule has 0 aliphatic carbocycles. The third-order valence-corrected chi connectivity index (χ3v) is 7.26. The number of thiophene rings is 2. The van der Waals surface area contributed by atoms with Crippen molar-refractivity contribution >= 4 is 50.5 Å². The third-order valence-electron chi connectivity index (χ3n) is 5.46. The summed E-state index contributed by atoms with van der Waals surface area (Å²) in [6.45, 7) is 6.95. The molecule has 0 unspecified atom stereocenters. The van der Waals surface area contributed by atoms with E-state index in [2.05, 4.69) is 22.9 Å².